The van der Waals surface area contributed by atoms with Gasteiger partial charge in [0.1, 0.15) is 0 Å². The van der Waals surface area contributed by atoms with Crippen molar-refractivity contribution >= 4 is 37.8 Å². The maximum atomic E-state index is 12.3. The molecule has 3 nitrogen and oxygen atoms in total. The Morgan fingerprint density at radius 1 is 1.15 bits per heavy atom. The highest BCUT2D eigenvalue weighted by atomic mass is 79.9. The normalized spacial score (nSPS) is 23.2. The zero-order chi connectivity index (χ0) is 19.2. The van der Waals surface area contributed by atoms with E-state index < -0.39 is 11.4 Å². The summed E-state index contributed by atoms with van der Waals surface area (Å²) < 4.78 is 7.77. The van der Waals surface area contributed by atoms with E-state index in [-0.39, 0.29) is 6.10 Å². The second-order valence-corrected chi connectivity index (χ2v) is 8.90. The molecule has 0 bridgehead atoms. The molecule has 1 fully saturated rings. The lowest BCUT2D eigenvalue weighted by atomic mass is 9.68. The summed E-state index contributed by atoms with van der Waals surface area (Å²) in [7, 11) is 0. The molecule has 1 N–H and O–H groups in total. The molecule has 0 aromatic heterocycles. The number of aryl methyl sites for hydroxylation is 1. The molecular weight excluding hydrogens is 460 g/mol. The predicted molar refractivity (Wildman–Crippen MR) is 113 cm³/mol. The van der Waals surface area contributed by atoms with Crippen LogP contribution in [0.2, 0.25) is 0 Å². The van der Waals surface area contributed by atoms with Crippen molar-refractivity contribution in [3.8, 4) is 0 Å². The van der Waals surface area contributed by atoms with Gasteiger partial charge < -0.3 is 9.84 Å². The van der Waals surface area contributed by atoms with Crippen molar-refractivity contribution < 1.29 is 14.6 Å². The average molecular weight is 490 g/mol. The van der Waals surface area contributed by atoms with Gasteiger partial charge in [-0.3, -0.25) is 4.79 Å². The maximum Gasteiger partial charge on any atom is 0.314 e. The number of halogens is 2. The third-order valence-corrected chi connectivity index (χ3v) is 7.74. The summed E-state index contributed by atoms with van der Waals surface area (Å²) in [6, 6.07) is 4.13. The molecule has 0 saturated heterocycles. The number of benzene rings is 1. The van der Waals surface area contributed by atoms with E-state index >= 15 is 0 Å². The highest BCUT2D eigenvalue weighted by Gasteiger charge is 2.45. The maximum absolute atomic E-state index is 12.3. The SMILES string of the molecule is CCCCCc1ccc(C2(C(=O)O)CCC(OCCC)CC2)c(Br)c1Br. The lowest BCUT2D eigenvalue weighted by Gasteiger charge is -2.38. The third kappa shape index (κ3) is 4.90. The molecule has 146 valence electrons. The van der Waals surface area contributed by atoms with E-state index in [1.165, 1.54) is 18.4 Å². The van der Waals surface area contributed by atoms with Crippen LogP contribution in [0.1, 0.15) is 76.3 Å². The number of hydrogen-bond acceptors (Lipinski definition) is 2. The third-order valence-electron chi connectivity index (χ3n) is 5.48. The minimum absolute atomic E-state index is 0.193. The van der Waals surface area contributed by atoms with Crippen molar-refractivity contribution in [3.63, 3.8) is 0 Å². The minimum Gasteiger partial charge on any atom is -0.481 e. The predicted octanol–water partition coefficient (Wildman–Crippen LogP) is 6.64. The molecular formula is C21H30Br2O3. The first-order chi connectivity index (χ1) is 12.5. The summed E-state index contributed by atoms with van der Waals surface area (Å²) in [5.74, 6) is -0.724. The first-order valence-corrected chi connectivity index (χ1v) is 11.4. The topological polar surface area (TPSA) is 46.5 Å². The first-order valence-electron chi connectivity index (χ1n) is 9.78. The molecule has 26 heavy (non-hydrogen) atoms. The summed E-state index contributed by atoms with van der Waals surface area (Å²) in [5.41, 5.74) is 1.31. The minimum atomic E-state index is -0.824. The fourth-order valence-corrected chi connectivity index (χ4v) is 5.16. The van der Waals surface area contributed by atoms with E-state index in [1.54, 1.807) is 0 Å². The number of carboxylic acids is 1. The summed E-state index contributed by atoms with van der Waals surface area (Å²) >= 11 is 7.40. The molecule has 0 aliphatic heterocycles. The van der Waals surface area contributed by atoms with Gasteiger partial charge in [0.25, 0.3) is 0 Å². The van der Waals surface area contributed by atoms with E-state index in [9.17, 15) is 9.90 Å². The van der Waals surface area contributed by atoms with Crippen molar-refractivity contribution in [3.05, 3.63) is 32.2 Å². The van der Waals surface area contributed by atoms with Gasteiger partial charge in [0, 0.05) is 15.6 Å². The summed E-state index contributed by atoms with van der Waals surface area (Å²) in [5, 5.41) is 10.1. The van der Waals surface area contributed by atoms with Gasteiger partial charge in [-0.2, -0.15) is 0 Å². The summed E-state index contributed by atoms with van der Waals surface area (Å²) in [6.07, 6.45) is 8.61. The Balaban J connectivity index is 2.23. The number of carbonyl (C=O) groups is 1. The van der Waals surface area contributed by atoms with E-state index in [0.29, 0.717) is 12.8 Å². The molecule has 0 atom stereocenters. The average Bonchev–Trinajstić information content (AvgIpc) is 2.64. The van der Waals surface area contributed by atoms with Crippen LogP contribution < -0.4 is 0 Å². The number of aliphatic carboxylic acids is 1. The second kappa shape index (κ2) is 10.2. The van der Waals surface area contributed by atoms with Crippen molar-refractivity contribution in [2.24, 2.45) is 0 Å². The Morgan fingerprint density at radius 3 is 2.42 bits per heavy atom. The van der Waals surface area contributed by atoms with Crippen LogP contribution >= 0.6 is 31.9 Å². The Labute approximate surface area is 174 Å². The van der Waals surface area contributed by atoms with E-state index in [1.807, 2.05) is 6.07 Å². The lowest BCUT2D eigenvalue weighted by Crippen LogP contribution is -2.41. The van der Waals surface area contributed by atoms with Gasteiger partial charge in [0.15, 0.2) is 0 Å². The highest BCUT2D eigenvalue weighted by molar-refractivity contribution is 9.13. The zero-order valence-corrected chi connectivity index (χ0v) is 19.0. The molecule has 2 rings (SSSR count). The molecule has 1 saturated carbocycles. The molecule has 0 radical (unpaired) electrons. The van der Waals surface area contributed by atoms with E-state index in [0.717, 1.165) is 53.2 Å². The van der Waals surface area contributed by atoms with Gasteiger partial charge in [-0.1, -0.05) is 38.8 Å². The Bertz CT molecular complexity index is 608. The van der Waals surface area contributed by atoms with Crippen LogP contribution in [0.4, 0.5) is 0 Å². The quantitative estimate of drug-likeness (QED) is 0.395. The van der Waals surface area contributed by atoms with Gasteiger partial charge in [-0.25, -0.2) is 0 Å². The molecule has 1 aromatic rings. The standard InChI is InChI=1S/C21H30Br2O3/c1-3-5-6-7-15-8-9-17(19(23)18(15)22)21(20(24)25)12-10-16(11-13-21)26-14-4-2/h8-9,16H,3-7,10-14H2,1-2H3,(H,24,25). The van der Waals surface area contributed by atoms with Crippen molar-refractivity contribution in [2.75, 3.05) is 6.61 Å². The number of rotatable bonds is 9. The van der Waals surface area contributed by atoms with Gasteiger partial charge in [-0.15, -0.1) is 0 Å². The summed E-state index contributed by atoms with van der Waals surface area (Å²) in [4.78, 5) is 12.3. The van der Waals surface area contributed by atoms with Crippen LogP contribution in [0.3, 0.4) is 0 Å². The van der Waals surface area contributed by atoms with E-state index in [2.05, 4.69) is 51.8 Å². The molecule has 0 amide bonds. The highest BCUT2D eigenvalue weighted by Crippen LogP contribution is 2.46. The fourth-order valence-electron chi connectivity index (χ4n) is 3.85. The molecule has 1 aromatic carbocycles. The number of unbranched alkanes of at least 4 members (excludes halogenated alkanes) is 2. The van der Waals surface area contributed by atoms with Gasteiger partial charge in [-0.05, 0) is 87.9 Å². The Morgan fingerprint density at radius 2 is 1.85 bits per heavy atom. The van der Waals surface area contributed by atoms with Crippen LogP contribution in [0.5, 0.6) is 0 Å². The van der Waals surface area contributed by atoms with Crippen LogP contribution in [-0.4, -0.2) is 23.8 Å². The Hall–Kier alpha value is -0.390. The largest absolute Gasteiger partial charge is 0.481 e. The van der Waals surface area contributed by atoms with Crippen molar-refractivity contribution in [2.45, 2.75) is 83.2 Å². The molecule has 0 unspecified atom stereocenters. The number of carboxylic acid groups (broad SMARTS) is 1. The number of hydrogen-bond donors (Lipinski definition) is 1. The fraction of sp³-hybridized carbons (Fsp3) is 0.667. The molecule has 0 spiro atoms. The van der Waals surface area contributed by atoms with Crippen molar-refractivity contribution in [1.29, 1.82) is 0 Å². The van der Waals surface area contributed by atoms with Crippen LogP contribution in [0, 0.1) is 0 Å². The summed E-state index contributed by atoms with van der Waals surface area (Å²) in [6.45, 7) is 5.05. The van der Waals surface area contributed by atoms with E-state index in [4.69, 9.17) is 4.74 Å². The number of ether oxygens (including phenoxy) is 1. The van der Waals surface area contributed by atoms with Gasteiger partial charge in [0.2, 0.25) is 0 Å². The van der Waals surface area contributed by atoms with Crippen molar-refractivity contribution in [1.82, 2.24) is 0 Å². The second-order valence-electron chi connectivity index (χ2n) is 7.31. The molecule has 0 heterocycles. The van der Waals surface area contributed by atoms with Gasteiger partial charge in [0.05, 0.1) is 11.5 Å². The zero-order valence-electron chi connectivity index (χ0n) is 15.8. The van der Waals surface area contributed by atoms with Crippen LogP contribution in [-0.2, 0) is 21.4 Å². The monoisotopic (exact) mass is 488 g/mol. The molecule has 5 heteroatoms. The first kappa shape index (κ1) is 21.9. The molecule has 1 aliphatic rings. The van der Waals surface area contributed by atoms with Gasteiger partial charge >= 0.3 is 5.97 Å². The Kier molecular flexibility index (Phi) is 8.62. The van der Waals surface area contributed by atoms with Crippen LogP contribution in [0.25, 0.3) is 0 Å². The smallest absolute Gasteiger partial charge is 0.314 e. The molecule has 1 aliphatic carbocycles. The van der Waals surface area contributed by atoms with Crippen LogP contribution in [0.15, 0.2) is 21.1 Å². The lowest BCUT2D eigenvalue weighted by molar-refractivity contribution is -0.146.